The van der Waals surface area contributed by atoms with Crippen molar-refractivity contribution >= 4 is 11.9 Å². The van der Waals surface area contributed by atoms with Gasteiger partial charge in [-0.2, -0.15) is 0 Å². The van der Waals surface area contributed by atoms with Crippen molar-refractivity contribution < 1.29 is 19.8 Å². The Morgan fingerprint density at radius 3 is 2.08 bits per heavy atom. The van der Waals surface area contributed by atoms with Crippen molar-refractivity contribution in [3.63, 3.8) is 0 Å². The van der Waals surface area contributed by atoms with E-state index in [0.717, 1.165) is 0 Å². The fraction of sp³-hybridized carbons (Fsp3) is 0.750. The summed E-state index contributed by atoms with van der Waals surface area (Å²) < 4.78 is 0. The van der Waals surface area contributed by atoms with Crippen molar-refractivity contribution in [3.8, 4) is 0 Å². The van der Waals surface area contributed by atoms with Gasteiger partial charge in [0.15, 0.2) is 0 Å². The van der Waals surface area contributed by atoms with Crippen molar-refractivity contribution in [3.05, 3.63) is 0 Å². The lowest BCUT2D eigenvalue weighted by atomic mass is 10.1. The van der Waals surface area contributed by atoms with Crippen LogP contribution in [0, 0.1) is 17.3 Å². The summed E-state index contributed by atoms with van der Waals surface area (Å²) in [4.78, 5) is 20.9. The minimum absolute atomic E-state index is 0.0377. The van der Waals surface area contributed by atoms with Gasteiger partial charge in [-0.25, -0.2) is 0 Å². The van der Waals surface area contributed by atoms with Crippen LogP contribution in [0.15, 0.2) is 0 Å². The number of hydrogen-bond donors (Lipinski definition) is 2. The first kappa shape index (κ1) is 9.03. The molecule has 0 bridgehead atoms. The highest BCUT2D eigenvalue weighted by Gasteiger charge is 2.62. The van der Waals surface area contributed by atoms with Gasteiger partial charge in [0.1, 0.15) is 0 Å². The molecule has 0 aliphatic heterocycles. The lowest BCUT2D eigenvalue weighted by molar-refractivity contribution is -0.139. The van der Waals surface area contributed by atoms with E-state index in [1.54, 1.807) is 13.8 Å². The molecule has 1 saturated carbocycles. The maximum absolute atomic E-state index is 10.6. The molecule has 0 amide bonds. The minimum Gasteiger partial charge on any atom is -0.481 e. The predicted octanol–water partition coefficient (Wildman–Crippen LogP) is 0.818. The standard InChI is InChI=1S/C8H12O4/c1-8(2)4(3-5(9)10)6(8)7(11)12/h4,6H,3H2,1-2H3,(H,9,10)(H,11,12)/t4-,6+/m0/s1. The van der Waals surface area contributed by atoms with E-state index >= 15 is 0 Å². The molecule has 2 atom stereocenters. The summed E-state index contributed by atoms with van der Waals surface area (Å²) in [6.45, 7) is 3.58. The third-order valence-electron chi connectivity index (χ3n) is 2.71. The molecule has 0 aromatic carbocycles. The average molecular weight is 172 g/mol. The molecule has 0 aromatic heterocycles. The first-order chi connectivity index (χ1) is 5.37. The van der Waals surface area contributed by atoms with E-state index in [2.05, 4.69) is 0 Å². The fourth-order valence-electron chi connectivity index (χ4n) is 1.80. The molecule has 0 unspecified atom stereocenters. The predicted molar refractivity (Wildman–Crippen MR) is 40.6 cm³/mol. The summed E-state index contributed by atoms with van der Waals surface area (Å²) >= 11 is 0. The number of carboxylic acids is 2. The van der Waals surface area contributed by atoms with Gasteiger partial charge >= 0.3 is 11.9 Å². The maximum atomic E-state index is 10.6. The monoisotopic (exact) mass is 172 g/mol. The quantitative estimate of drug-likeness (QED) is 0.660. The Morgan fingerprint density at radius 1 is 1.33 bits per heavy atom. The highest BCUT2D eigenvalue weighted by atomic mass is 16.4. The van der Waals surface area contributed by atoms with Crippen LogP contribution in [-0.2, 0) is 9.59 Å². The van der Waals surface area contributed by atoms with Crippen molar-refractivity contribution in [2.24, 2.45) is 17.3 Å². The molecule has 2 N–H and O–H groups in total. The average Bonchev–Trinajstić information content (AvgIpc) is 2.32. The summed E-state index contributed by atoms with van der Waals surface area (Å²) in [7, 11) is 0. The van der Waals surface area contributed by atoms with E-state index in [1.807, 2.05) is 0 Å². The number of carboxylic acid groups (broad SMARTS) is 2. The molecular weight excluding hydrogens is 160 g/mol. The zero-order valence-corrected chi connectivity index (χ0v) is 7.07. The van der Waals surface area contributed by atoms with E-state index < -0.39 is 17.9 Å². The van der Waals surface area contributed by atoms with Crippen LogP contribution >= 0.6 is 0 Å². The number of rotatable bonds is 3. The Kier molecular flexibility index (Phi) is 1.86. The molecule has 1 aliphatic carbocycles. The second-order valence-electron chi connectivity index (χ2n) is 3.84. The lowest BCUT2D eigenvalue weighted by Crippen LogP contribution is -2.03. The Labute approximate surface area is 70.2 Å². The normalized spacial score (nSPS) is 31.2. The van der Waals surface area contributed by atoms with Gasteiger partial charge < -0.3 is 10.2 Å². The van der Waals surface area contributed by atoms with E-state index in [-0.39, 0.29) is 17.8 Å². The molecule has 0 spiro atoms. The van der Waals surface area contributed by atoms with Gasteiger partial charge in [0, 0.05) is 6.42 Å². The van der Waals surface area contributed by atoms with Crippen LogP contribution in [-0.4, -0.2) is 22.2 Å². The Hall–Kier alpha value is -1.06. The molecule has 1 rings (SSSR count). The fourth-order valence-corrected chi connectivity index (χ4v) is 1.80. The summed E-state index contributed by atoms with van der Waals surface area (Å²) in [5.74, 6) is -2.48. The molecule has 0 heterocycles. The van der Waals surface area contributed by atoms with Gasteiger partial charge in [-0.05, 0) is 11.3 Å². The van der Waals surface area contributed by atoms with Crippen LogP contribution < -0.4 is 0 Å². The van der Waals surface area contributed by atoms with Gasteiger partial charge in [0.2, 0.25) is 0 Å². The molecule has 0 aromatic rings. The second-order valence-corrected chi connectivity index (χ2v) is 3.84. The topological polar surface area (TPSA) is 74.6 Å². The van der Waals surface area contributed by atoms with Gasteiger partial charge in [-0.3, -0.25) is 9.59 Å². The Balaban J connectivity index is 2.60. The van der Waals surface area contributed by atoms with Crippen molar-refractivity contribution in [1.29, 1.82) is 0 Å². The summed E-state index contributed by atoms with van der Waals surface area (Å²) in [5, 5.41) is 17.1. The SMILES string of the molecule is CC1(C)[C@@H](CC(=O)O)[C@@H]1C(=O)O. The number of hydrogen-bond acceptors (Lipinski definition) is 2. The smallest absolute Gasteiger partial charge is 0.307 e. The first-order valence-corrected chi connectivity index (χ1v) is 3.82. The van der Waals surface area contributed by atoms with Gasteiger partial charge in [-0.15, -0.1) is 0 Å². The summed E-state index contributed by atoms with van der Waals surface area (Å²) in [5.41, 5.74) is -0.343. The molecule has 4 heteroatoms. The minimum atomic E-state index is -0.920. The zero-order valence-electron chi connectivity index (χ0n) is 7.07. The molecule has 12 heavy (non-hydrogen) atoms. The highest BCUT2D eigenvalue weighted by Crippen LogP contribution is 2.59. The molecule has 68 valence electrons. The number of carbonyl (C=O) groups is 2. The van der Waals surface area contributed by atoms with Crippen molar-refractivity contribution in [2.75, 3.05) is 0 Å². The van der Waals surface area contributed by atoms with Crippen LogP contribution in [0.4, 0.5) is 0 Å². The second kappa shape index (κ2) is 2.47. The van der Waals surface area contributed by atoms with Crippen LogP contribution in [0.1, 0.15) is 20.3 Å². The highest BCUT2D eigenvalue weighted by molar-refractivity contribution is 5.78. The third kappa shape index (κ3) is 1.29. The Bertz CT molecular complexity index is 231. The van der Waals surface area contributed by atoms with Crippen LogP contribution in [0.2, 0.25) is 0 Å². The molecule has 1 fully saturated rings. The van der Waals surface area contributed by atoms with Crippen LogP contribution in [0.25, 0.3) is 0 Å². The summed E-state index contributed by atoms with van der Waals surface area (Å²) in [6, 6.07) is 0. The van der Waals surface area contributed by atoms with Crippen molar-refractivity contribution in [2.45, 2.75) is 20.3 Å². The molecule has 0 saturated heterocycles. The zero-order chi connectivity index (χ0) is 9.52. The van der Waals surface area contributed by atoms with Crippen LogP contribution in [0.5, 0.6) is 0 Å². The lowest BCUT2D eigenvalue weighted by Gasteiger charge is -1.97. The van der Waals surface area contributed by atoms with Crippen LogP contribution in [0.3, 0.4) is 0 Å². The first-order valence-electron chi connectivity index (χ1n) is 3.82. The van der Waals surface area contributed by atoms with E-state index in [4.69, 9.17) is 10.2 Å². The summed E-state index contributed by atoms with van der Waals surface area (Å²) in [6.07, 6.45) is -0.0377. The van der Waals surface area contributed by atoms with Crippen molar-refractivity contribution in [1.82, 2.24) is 0 Å². The Morgan fingerprint density at radius 2 is 1.83 bits per heavy atom. The molecular formula is C8H12O4. The van der Waals surface area contributed by atoms with Gasteiger partial charge in [-0.1, -0.05) is 13.8 Å². The van der Waals surface area contributed by atoms with E-state index in [9.17, 15) is 9.59 Å². The van der Waals surface area contributed by atoms with Gasteiger partial charge in [0.25, 0.3) is 0 Å². The largest absolute Gasteiger partial charge is 0.481 e. The third-order valence-corrected chi connectivity index (χ3v) is 2.71. The maximum Gasteiger partial charge on any atom is 0.307 e. The van der Waals surface area contributed by atoms with E-state index in [1.165, 1.54) is 0 Å². The molecule has 1 aliphatic rings. The molecule has 0 radical (unpaired) electrons. The van der Waals surface area contributed by atoms with Gasteiger partial charge in [0.05, 0.1) is 5.92 Å². The number of aliphatic carboxylic acids is 2. The van der Waals surface area contributed by atoms with E-state index in [0.29, 0.717) is 0 Å². The molecule has 4 nitrogen and oxygen atoms in total.